The molecule has 3 rings (SSSR count). The molecule has 2 bridgehead atoms. The number of nitrogens with one attached hydrogen (secondary N) is 2. The third-order valence-corrected chi connectivity index (χ3v) is 5.21. The first kappa shape index (κ1) is 16.0. The summed E-state index contributed by atoms with van der Waals surface area (Å²) < 4.78 is 11.3. The number of hydrogen-bond donors (Lipinski definition) is 2. The van der Waals surface area contributed by atoms with Crippen molar-refractivity contribution in [2.45, 2.75) is 56.9 Å². The molecule has 0 aromatic rings. The fourth-order valence-electron chi connectivity index (χ4n) is 3.74. The summed E-state index contributed by atoms with van der Waals surface area (Å²) in [7, 11) is 1.84. The standard InChI is InChI=1S/C16H30N4O2/c1-16(2,20-6-8-21-9-7-20)11-18-15(17-3)19-13-10-12-4-5-14(13)22-12/h12-14H,4-11H2,1-3H3,(H2,17,18,19). The topological polar surface area (TPSA) is 58.1 Å². The smallest absolute Gasteiger partial charge is 0.191 e. The predicted octanol–water partition coefficient (Wildman–Crippen LogP) is 0.582. The molecule has 0 aromatic heterocycles. The Morgan fingerprint density at radius 1 is 1.27 bits per heavy atom. The van der Waals surface area contributed by atoms with Crippen LogP contribution in [0.3, 0.4) is 0 Å². The van der Waals surface area contributed by atoms with Gasteiger partial charge in [-0.05, 0) is 33.1 Å². The number of ether oxygens (including phenoxy) is 2. The van der Waals surface area contributed by atoms with Gasteiger partial charge in [0.05, 0.1) is 31.5 Å². The zero-order valence-electron chi connectivity index (χ0n) is 14.1. The van der Waals surface area contributed by atoms with Crippen molar-refractivity contribution in [1.29, 1.82) is 0 Å². The second-order valence-corrected chi connectivity index (χ2v) is 7.20. The molecule has 3 atom stereocenters. The van der Waals surface area contributed by atoms with Gasteiger partial charge in [-0.25, -0.2) is 0 Å². The fraction of sp³-hybridized carbons (Fsp3) is 0.938. The first-order valence-electron chi connectivity index (χ1n) is 8.54. The first-order valence-corrected chi connectivity index (χ1v) is 8.54. The summed E-state index contributed by atoms with van der Waals surface area (Å²) in [4.78, 5) is 6.86. The minimum absolute atomic E-state index is 0.0899. The average molecular weight is 310 g/mol. The molecule has 3 saturated heterocycles. The van der Waals surface area contributed by atoms with Gasteiger partial charge in [0.15, 0.2) is 5.96 Å². The average Bonchev–Trinajstić information content (AvgIpc) is 3.15. The normalized spacial score (nSPS) is 33.2. The van der Waals surface area contributed by atoms with Crippen molar-refractivity contribution in [3.8, 4) is 0 Å². The summed E-state index contributed by atoms with van der Waals surface area (Å²) in [5.74, 6) is 0.891. The third-order valence-electron chi connectivity index (χ3n) is 5.21. The molecule has 0 spiro atoms. The van der Waals surface area contributed by atoms with Gasteiger partial charge in [0.1, 0.15) is 0 Å². The van der Waals surface area contributed by atoms with Crippen LogP contribution in [0, 0.1) is 0 Å². The molecule has 6 heteroatoms. The van der Waals surface area contributed by atoms with Gasteiger partial charge in [-0.2, -0.15) is 0 Å². The van der Waals surface area contributed by atoms with Crippen molar-refractivity contribution < 1.29 is 9.47 Å². The molecule has 3 fully saturated rings. The van der Waals surface area contributed by atoms with Crippen LogP contribution in [0.15, 0.2) is 4.99 Å². The lowest BCUT2D eigenvalue weighted by Crippen LogP contribution is -2.57. The highest BCUT2D eigenvalue weighted by Crippen LogP contribution is 2.34. The monoisotopic (exact) mass is 310 g/mol. The van der Waals surface area contributed by atoms with Crippen LogP contribution < -0.4 is 10.6 Å². The molecule has 126 valence electrons. The highest BCUT2D eigenvalue weighted by atomic mass is 16.5. The van der Waals surface area contributed by atoms with Crippen molar-refractivity contribution in [3.05, 3.63) is 0 Å². The van der Waals surface area contributed by atoms with Gasteiger partial charge in [-0.15, -0.1) is 0 Å². The molecule has 22 heavy (non-hydrogen) atoms. The molecule has 0 aromatic carbocycles. The number of rotatable bonds is 4. The van der Waals surface area contributed by atoms with Crippen LogP contribution in [0.5, 0.6) is 0 Å². The van der Waals surface area contributed by atoms with Gasteiger partial charge >= 0.3 is 0 Å². The van der Waals surface area contributed by atoms with E-state index in [1.165, 1.54) is 12.8 Å². The number of aliphatic imine (C=N–C) groups is 1. The van der Waals surface area contributed by atoms with E-state index in [1.807, 2.05) is 7.05 Å². The van der Waals surface area contributed by atoms with Crippen LogP contribution in [0.4, 0.5) is 0 Å². The van der Waals surface area contributed by atoms with E-state index in [2.05, 4.69) is 34.4 Å². The van der Waals surface area contributed by atoms with Gasteiger partial charge in [-0.1, -0.05) is 0 Å². The molecular weight excluding hydrogens is 280 g/mol. The van der Waals surface area contributed by atoms with Gasteiger partial charge < -0.3 is 20.1 Å². The maximum Gasteiger partial charge on any atom is 0.191 e. The van der Waals surface area contributed by atoms with Crippen LogP contribution in [-0.2, 0) is 9.47 Å². The van der Waals surface area contributed by atoms with E-state index in [0.29, 0.717) is 18.2 Å². The summed E-state index contributed by atoms with van der Waals surface area (Å²) in [6.45, 7) is 9.09. The number of hydrogen-bond acceptors (Lipinski definition) is 4. The molecule has 3 unspecified atom stereocenters. The Kier molecular flexibility index (Phi) is 4.90. The maximum atomic E-state index is 5.90. The van der Waals surface area contributed by atoms with Crippen molar-refractivity contribution in [1.82, 2.24) is 15.5 Å². The van der Waals surface area contributed by atoms with Crippen molar-refractivity contribution in [2.24, 2.45) is 4.99 Å². The lowest BCUT2D eigenvalue weighted by Gasteiger charge is -2.41. The zero-order chi connectivity index (χ0) is 15.6. The molecule has 2 N–H and O–H groups in total. The van der Waals surface area contributed by atoms with Crippen molar-refractivity contribution in [2.75, 3.05) is 39.9 Å². The summed E-state index contributed by atoms with van der Waals surface area (Å²) >= 11 is 0. The number of fused-ring (bicyclic) bond motifs is 2. The van der Waals surface area contributed by atoms with Crippen LogP contribution in [0.25, 0.3) is 0 Å². The van der Waals surface area contributed by atoms with Crippen LogP contribution in [0.1, 0.15) is 33.1 Å². The van der Waals surface area contributed by atoms with Crippen molar-refractivity contribution in [3.63, 3.8) is 0 Å². The SMILES string of the molecule is CN=C(NCC(C)(C)N1CCOCC1)NC1CC2CCC1O2. The Bertz CT molecular complexity index is 407. The molecule has 6 nitrogen and oxygen atoms in total. The quantitative estimate of drug-likeness (QED) is 0.588. The highest BCUT2D eigenvalue weighted by molar-refractivity contribution is 5.80. The van der Waals surface area contributed by atoms with E-state index < -0.39 is 0 Å². The predicted molar refractivity (Wildman–Crippen MR) is 87.3 cm³/mol. The maximum absolute atomic E-state index is 5.90. The Labute approximate surface area is 133 Å². The molecule has 3 heterocycles. The molecular formula is C16H30N4O2. The molecule has 0 aliphatic carbocycles. The Balaban J connectivity index is 1.48. The number of guanidine groups is 1. The Hall–Kier alpha value is -0.850. The molecule has 3 aliphatic heterocycles. The number of nitrogens with zero attached hydrogens (tertiary/aromatic N) is 2. The van der Waals surface area contributed by atoms with Gasteiger partial charge in [0.2, 0.25) is 0 Å². The van der Waals surface area contributed by atoms with E-state index in [0.717, 1.165) is 45.2 Å². The van der Waals surface area contributed by atoms with E-state index in [1.54, 1.807) is 0 Å². The Morgan fingerprint density at radius 2 is 2.05 bits per heavy atom. The van der Waals surface area contributed by atoms with E-state index in [-0.39, 0.29) is 5.54 Å². The zero-order valence-corrected chi connectivity index (χ0v) is 14.1. The number of morpholine rings is 1. The summed E-state index contributed by atoms with van der Waals surface area (Å²) in [6.07, 6.45) is 4.34. The van der Waals surface area contributed by atoms with E-state index in [9.17, 15) is 0 Å². The molecule has 3 aliphatic rings. The molecule has 0 saturated carbocycles. The van der Waals surface area contributed by atoms with Crippen molar-refractivity contribution >= 4 is 5.96 Å². The van der Waals surface area contributed by atoms with Gasteiger partial charge in [0.25, 0.3) is 0 Å². The minimum atomic E-state index is 0.0899. The first-order chi connectivity index (χ1) is 10.6. The van der Waals surface area contributed by atoms with Gasteiger partial charge in [-0.3, -0.25) is 9.89 Å². The molecule has 0 radical (unpaired) electrons. The summed E-state index contributed by atoms with van der Waals surface area (Å²) in [6, 6.07) is 0.413. The molecule has 0 amide bonds. The second-order valence-electron chi connectivity index (χ2n) is 7.20. The van der Waals surface area contributed by atoms with Crippen LogP contribution in [-0.4, -0.2) is 74.5 Å². The summed E-state index contributed by atoms with van der Waals surface area (Å²) in [5, 5.41) is 7.04. The summed E-state index contributed by atoms with van der Waals surface area (Å²) in [5.41, 5.74) is 0.0899. The van der Waals surface area contributed by atoms with Gasteiger partial charge in [0, 0.05) is 32.2 Å². The third kappa shape index (κ3) is 3.55. The minimum Gasteiger partial charge on any atom is -0.379 e. The van der Waals surface area contributed by atoms with E-state index in [4.69, 9.17) is 9.47 Å². The lowest BCUT2D eigenvalue weighted by atomic mass is 9.95. The largest absolute Gasteiger partial charge is 0.379 e. The lowest BCUT2D eigenvalue weighted by molar-refractivity contribution is -0.00836. The highest BCUT2D eigenvalue weighted by Gasteiger charge is 2.41. The fourth-order valence-corrected chi connectivity index (χ4v) is 3.74. The van der Waals surface area contributed by atoms with Crippen LogP contribution >= 0.6 is 0 Å². The Morgan fingerprint density at radius 3 is 2.64 bits per heavy atom. The van der Waals surface area contributed by atoms with E-state index >= 15 is 0 Å². The van der Waals surface area contributed by atoms with Crippen LogP contribution in [0.2, 0.25) is 0 Å². The second kappa shape index (κ2) is 6.72.